The van der Waals surface area contributed by atoms with E-state index < -0.39 is 0 Å². The van der Waals surface area contributed by atoms with E-state index in [0.29, 0.717) is 0 Å². The van der Waals surface area contributed by atoms with E-state index in [1.54, 1.807) is 14.2 Å². The predicted molar refractivity (Wildman–Crippen MR) is 154 cm³/mol. The summed E-state index contributed by atoms with van der Waals surface area (Å²) in [7, 11) is 3.46. The molecule has 5 aromatic carbocycles. The molecule has 0 spiro atoms. The summed E-state index contributed by atoms with van der Waals surface area (Å²) in [5, 5.41) is 12.0. The van der Waals surface area contributed by atoms with Crippen LogP contribution in [0.4, 0.5) is 5.69 Å². The Bertz CT molecular complexity index is 1640. The molecule has 0 aromatic heterocycles. The molecule has 0 amide bonds. The van der Waals surface area contributed by atoms with Gasteiger partial charge in [0.05, 0.1) is 31.7 Å². The lowest BCUT2D eigenvalue weighted by Crippen LogP contribution is -2.19. The van der Waals surface area contributed by atoms with Crippen molar-refractivity contribution in [3.63, 3.8) is 0 Å². The lowest BCUT2D eigenvalue weighted by atomic mass is 9.94. The fourth-order valence-corrected chi connectivity index (χ4v) is 5.28. The van der Waals surface area contributed by atoms with Crippen molar-refractivity contribution in [1.29, 1.82) is 0 Å². The van der Waals surface area contributed by atoms with Crippen molar-refractivity contribution in [3.05, 3.63) is 120 Å². The van der Waals surface area contributed by atoms with Crippen molar-refractivity contribution in [2.24, 2.45) is 5.10 Å². The van der Waals surface area contributed by atoms with Crippen molar-refractivity contribution in [1.82, 2.24) is 0 Å². The first-order valence-corrected chi connectivity index (χ1v) is 12.5. The Kier molecular flexibility index (Phi) is 6.07. The van der Waals surface area contributed by atoms with Gasteiger partial charge in [-0.25, -0.2) is 0 Å². The second kappa shape index (κ2) is 9.82. The van der Waals surface area contributed by atoms with Crippen molar-refractivity contribution in [2.75, 3.05) is 19.2 Å². The molecule has 0 bridgehead atoms. The number of hydrazone groups is 1. The average molecular weight is 485 g/mol. The second-order valence-corrected chi connectivity index (χ2v) is 9.13. The lowest BCUT2D eigenvalue weighted by molar-refractivity contribution is 0.406. The molecule has 5 aromatic rings. The van der Waals surface area contributed by atoms with Gasteiger partial charge in [0.15, 0.2) is 0 Å². The van der Waals surface area contributed by atoms with Crippen LogP contribution in [0.3, 0.4) is 0 Å². The Morgan fingerprint density at radius 3 is 2.03 bits per heavy atom. The molecule has 6 rings (SSSR count). The maximum Gasteiger partial charge on any atom is 0.126 e. The molecule has 37 heavy (non-hydrogen) atoms. The van der Waals surface area contributed by atoms with Gasteiger partial charge in [-0.1, -0.05) is 78.9 Å². The number of nitrogens with zero attached hydrogens (tertiary/aromatic N) is 2. The molecule has 4 heteroatoms. The van der Waals surface area contributed by atoms with E-state index in [4.69, 9.17) is 14.6 Å². The number of anilines is 1. The van der Waals surface area contributed by atoms with Gasteiger partial charge >= 0.3 is 0 Å². The summed E-state index contributed by atoms with van der Waals surface area (Å²) in [5.74, 6) is 1.72. The molecule has 0 fully saturated rings. The minimum Gasteiger partial charge on any atom is -0.496 e. The Morgan fingerprint density at radius 1 is 0.676 bits per heavy atom. The summed E-state index contributed by atoms with van der Waals surface area (Å²) >= 11 is 0. The monoisotopic (exact) mass is 484 g/mol. The van der Waals surface area contributed by atoms with Gasteiger partial charge in [0.25, 0.3) is 0 Å². The maximum absolute atomic E-state index is 5.88. The molecule has 0 N–H and O–H groups in total. The van der Waals surface area contributed by atoms with Gasteiger partial charge in [-0.3, -0.25) is 5.01 Å². The molecule has 4 nitrogen and oxygen atoms in total. The third kappa shape index (κ3) is 4.21. The standard InChI is InChI=1S/C33H28N2O2/c1-36-31-20-16-23-10-6-8-14-27(23)29(31)19-18-25-22-30(35(34-25)26-12-4-3-5-13-26)33-28-15-9-7-11-24(28)17-21-32(33)37-2/h3-21,30H,22H2,1-2H3/b19-18+. The summed E-state index contributed by atoms with van der Waals surface area (Å²) in [6.07, 6.45) is 5.01. The highest BCUT2D eigenvalue weighted by Crippen LogP contribution is 2.43. The zero-order valence-electron chi connectivity index (χ0n) is 21.0. The quantitative estimate of drug-likeness (QED) is 0.245. The van der Waals surface area contributed by atoms with Crippen molar-refractivity contribution in [2.45, 2.75) is 12.5 Å². The Balaban J connectivity index is 1.46. The fourth-order valence-electron chi connectivity index (χ4n) is 5.28. The van der Waals surface area contributed by atoms with E-state index >= 15 is 0 Å². The molecular formula is C33H28N2O2. The first-order valence-electron chi connectivity index (χ1n) is 12.5. The van der Waals surface area contributed by atoms with Gasteiger partial charge in [-0.15, -0.1) is 0 Å². The van der Waals surface area contributed by atoms with E-state index in [9.17, 15) is 0 Å². The van der Waals surface area contributed by atoms with E-state index in [1.165, 1.54) is 16.2 Å². The molecule has 1 unspecified atom stereocenters. The van der Waals surface area contributed by atoms with Crippen LogP contribution in [0.1, 0.15) is 23.6 Å². The number of hydrogen-bond acceptors (Lipinski definition) is 4. The number of ether oxygens (including phenoxy) is 2. The van der Waals surface area contributed by atoms with Crippen molar-refractivity contribution in [3.8, 4) is 11.5 Å². The zero-order chi connectivity index (χ0) is 25.2. The van der Waals surface area contributed by atoms with Crippen LogP contribution in [-0.2, 0) is 0 Å². The Hall–Kier alpha value is -4.57. The van der Waals surface area contributed by atoms with Crippen LogP contribution in [0.5, 0.6) is 11.5 Å². The van der Waals surface area contributed by atoms with Crippen LogP contribution in [0.2, 0.25) is 0 Å². The zero-order valence-corrected chi connectivity index (χ0v) is 21.0. The molecule has 0 saturated carbocycles. The van der Waals surface area contributed by atoms with Gasteiger partial charge in [0.1, 0.15) is 11.5 Å². The highest BCUT2D eigenvalue weighted by molar-refractivity contribution is 6.04. The van der Waals surface area contributed by atoms with Crippen LogP contribution in [0, 0.1) is 0 Å². The number of fused-ring (bicyclic) bond motifs is 2. The molecule has 182 valence electrons. The molecule has 1 aliphatic rings. The lowest BCUT2D eigenvalue weighted by Gasteiger charge is -2.26. The number of allylic oxidation sites excluding steroid dienone is 1. The normalized spacial score (nSPS) is 15.5. The molecule has 0 aliphatic carbocycles. The minimum atomic E-state index is -0.00230. The number of para-hydroxylation sites is 1. The van der Waals surface area contributed by atoms with E-state index in [2.05, 4.69) is 108 Å². The molecule has 0 saturated heterocycles. The Labute approximate surface area is 217 Å². The molecule has 1 aliphatic heterocycles. The van der Waals surface area contributed by atoms with Crippen LogP contribution < -0.4 is 14.5 Å². The smallest absolute Gasteiger partial charge is 0.126 e. The number of methoxy groups -OCH3 is 2. The molecular weight excluding hydrogens is 456 g/mol. The highest BCUT2D eigenvalue weighted by atomic mass is 16.5. The third-order valence-corrected chi connectivity index (χ3v) is 7.03. The van der Waals surface area contributed by atoms with Gasteiger partial charge < -0.3 is 9.47 Å². The third-order valence-electron chi connectivity index (χ3n) is 7.03. The van der Waals surface area contributed by atoms with Crippen LogP contribution in [-0.4, -0.2) is 19.9 Å². The molecule has 1 heterocycles. The topological polar surface area (TPSA) is 34.1 Å². The second-order valence-electron chi connectivity index (χ2n) is 9.13. The van der Waals surface area contributed by atoms with Gasteiger partial charge in [-0.2, -0.15) is 5.10 Å². The largest absolute Gasteiger partial charge is 0.496 e. The summed E-state index contributed by atoms with van der Waals surface area (Å²) < 4.78 is 11.6. The first-order chi connectivity index (χ1) is 18.3. The SMILES string of the molecule is COc1ccc2ccccc2c1/C=C/C1=NN(c2ccccc2)C(c2c(OC)ccc3ccccc23)C1. The van der Waals surface area contributed by atoms with E-state index in [-0.39, 0.29) is 6.04 Å². The van der Waals surface area contributed by atoms with E-state index in [0.717, 1.165) is 45.8 Å². The molecule has 0 radical (unpaired) electrons. The Morgan fingerprint density at radius 2 is 1.30 bits per heavy atom. The summed E-state index contributed by atoms with van der Waals surface area (Å²) in [5.41, 5.74) is 4.26. The van der Waals surface area contributed by atoms with E-state index in [1.807, 2.05) is 12.1 Å². The van der Waals surface area contributed by atoms with Crippen LogP contribution >= 0.6 is 0 Å². The number of benzene rings is 5. The first kappa shape index (κ1) is 22.9. The van der Waals surface area contributed by atoms with Crippen molar-refractivity contribution < 1.29 is 9.47 Å². The average Bonchev–Trinajstić information content (AvgIpc) is 3.39. The van der Waals surface area contributed by atoms with Crippen LogP contribution in [0.25, 0.3) is 27.6 Å². The minimum absolute atomic E-state index is 0.00230. The summed E-state index contributed by atoms with van der Waals surface area (Å²) in [6.45, 7) is 0. The number of rotatable bonds is 6. The maximum atomic E-state index is 5.88. The summed E-state index contributed by atoms with van der Waals surface area (Å²) in [6, 6.07) is 35.5. The molecule has 1 atom stereocenters. The summed E-state index contributed by atoms with van der Waals surface area (Å²) in [4.78, 5) is 0. The predicted octanol–water partition coefficient (Wildman–Crippen LogP) is 8.03. The fraction of sp³-hybridized carbons (Fsp3) is 0.121. The van der Waals surface area contributed by atoms with Gasteiger partial charge in [0.2, 0.25) is 0 Å². The highest BCUT2D eigenvalue weighted by Gasteiger charge is 2.32. The van der Waals surface area contributed by atoms with Gasteiger partial charge in [0, 0.05) is 17.5 Å². The van der Waals surface area contributed by atoms with Crippen molar-refractivity contribution >= 4 is 39.0 Å². The van der Waals surface area contributed by atoms with Crippen LogP contribution in [0.15, 0.2) is 114 Å². The van der Waals surface area contributed by atoms with Gasteiger partial charge in [-0.05, 0) is 58.0 Å². The number of hydrogen-bond donors (Lipinski definition) is 0.